The van der Waals surface area contributed by atoms with E-state index in [0.717, 1.165) is 5.56 Å². The monoisotopic (exact) mass is 471 g/mol. The maximum atomic E-state index is 13.6. The minimum Gasteiger partial charge on any atom is -0.371 e. The lowest BCUT2D eigenvalue weighted by Gasteiger charge is -2.22. The molecule has 0 fully saturated rings. The van der Waals surface area contributed by atoms with Gasteiger partial charge in [0, 0.05) is 24.2 Å². The molecule has 0 radical (unpaired) electrons. The first-order valence-electron chi connectivity index (χ1n) is 10.8. The molecule has 170 valence electrons. The number of benzene rings is 3. The van der Waals surface area contributed by atoms with Crippen molar-refractivity contribution in [3.63, 3.8) is 0 Å². The lowest BCUT2D eigenvalue weighted by molar-refractivity contribution is -0.131. The summed E-state index contributed by atoms with van der Waals surface area (Å²) in [5.41, 5.74) is 1.32. The van der Waals surface area contributed by atoms with Crippen LogP contribution in [0.3, 0.4) is 0 Å². The number of fused-ring (bicyclic) bond motifs is 1. The standard InChI is InChI=1S/C27H22FN3O2S/c1-2-16-31-22-11-7-6-10-21(22)27(33,25(31)32)24-23(19-12-14-20(28)15-13-19)30-26(34-24)29-17-18-8-4-3-5-9-18/h2-15,33H,1,16-17H2,(H,29,30)/t27-/m0/s1. The fourth-order valence-electron chi connectivity index (χ4n) is 4.18. The highest BCUT2D eigenvalue weighted by Crippen LogP contribution is 2.49. The van der Waals surface area contributed by atoms with Crippen LogP contribution in [0.4, 0.5) is 15.2 Å². The van der Waals surface area contributed by atoms with Gasteiger partial charge in [0.2, 0.25) is 5.60 Å². The molecule has 2 N–H and O–H groups in total. The lowest BCUT2D eigenvalue weighted by Crippen LogP contribution is -2.41. The third kappa shape index (κ3) is 3.69. The van der Waals surface area contributed by atoms with Crippen LogP contribution in [0.5, 0.6) is 0 Å². The highest BCUT2D eigenvalue weighted by molar-refractivity contribution is 7.16. The Morgan fingerprint density at radius 2 is 1.76 bits per heavy atom. The largest absolute Gasteiger partial charge is 0.371 e. The fraction of sp³-hybridized carbons (Fsp3) is 0.111. The van der Waals surface area contributed by atoms with Gasteiger partial charge in [-0.2, -0.15) is 0 Å². The van der Waals surface area contributed by atoms with E-state index in [2.05, 4.69) is 11.9 Å². The Hall–Kier alpha value is -3.81. The molecule has 0 aliphatic carbocycles. The van der Waals surface area contributed by atoms with Gasteiger partial charge in [-0.05, 0) is 35.9 Å². The first-order valence-corrected chi connectivity index (χ1v) is 11.6. The zero-order valence-electron chi connectivity index (χ0n) is 18.2. The second-order valence-corrected chi connectivity index (χ2v) is 8.97. The molecule has 1 atom stereocenters. The summed E-state index contributed by atoms with van der Waals surface area (Å²) >= 11 is 1.22. The maximum Gasteiger partial charge on any atom is 0.269 e. The number of nitrogens with zero attached hydrogens (tertiary/aromatic N) is 2. The minimum absolute atomic E-state index is 0.266. The van der Waals surface area contributed by atoms with Gasteiger partial charge >= 0.3 is 0 Å². The molecule has 0 unspecified atom stereocenters. The molecule has 4 aromatic rings. The van der Waals surface area contributed by atoms with Crippen LogP contribution in [-0.4, -0.2) is 22.5 Å². The number of carbonyl (C=O) groups is 1. The molecular formula is C27H22FN3O2S. The van der Waals surface area contributed by atoms with Crippen LogP contribution >= 0.6 is 11.3 Å². The van der Waals surface area contributed by atoms with Gasteiger partial charge in [0.05, 0.1) is 16.3 Å². The van der Waals surface area contributed by atoms with Crippen molar-refractivity contribution in [2.75, 3.05) is 16.8 Å². The Morgan fingerprint density at radius 3 is 2.50 bits per heavy atom. The number of carbonyl (C=O) groups excluding carboxylic acids is 1. The van der Waals surface area contributed by atoms with Gasteiger partial charge in [-0.15, -0.1) is 6.58 Å². The van der Waals surface area contributed by atoms with E-state index in [1.54, 1.807) is 30.3 Å². The van der Waals surface area contributed by atoms with Gasteiger partial charge in [-0.25, -0.2) is 9.37 Å². The number of aromatic nitrogens is 1. The van der Waals surface area contributed by atoms with E-state index >= 15 is 0 Å². The summed E-state index contributed by atoms with van der Waals surface area (Å²) < 4.78 is 13.6. The van der Waals surface area contributed by atoms with Crippen LogP contribution in [0.2, 0.25) is 0 Å². The lowest BCUT2D eigenvalue weighted by atomic mass is 9.91. The van der Waals surface area contributed by atoms with Crippen LogP contribution < -0.4 is 10.2 Å². The molecule has 34 heavy (non-hydrogen) atoms. The van der Waals surface area contributed by atoms with Crippen molar-refractivity contribution >= 4 is 28.1 Å². The molecule has 5 nitrogen and oxygen atoms in total. The molecule has 0 saturated heterocycles. The van der Waals surface area contributed by atoms with Crippen molar-refractivity contribution in [2.45, 2.75) is 12.1 Å². The molecule has 0 saturated carbocycles. The highest BCUT2D eigenvalue weighted by atomic mass is 32.1. The number of amides is 1. The van der Waals surface area contributed by atoms with Gasteiger partial charge in [-0.1, -0.05) is 65.9 Å². The maximum absolute atomic E-state index is 13.6. The van der Waals surface area contributed by atoms with Gasteiger partial charge in [-0.3, -0.25) is 4.79 Å². The normalized spacial score (nSPS) is 17.0. The van der Waals surface area contributed by atoms with Gasteiger partial charge in [0.1, 0.15) is 5.82 Å². The topological polar surface area (TPSA) is 65.5 Å². The van der Waals surface area contributed by atoms with Crippen molar-refractivity contribution in [2.24, 2.45) is 0 Å². The van der Waals surface area contributed by atoms with E-state index in [4.69, 9.17) is 4.98 Å². The average Bonchev–Trinajstić information content (AvgIpc) is 3.39. The summed E-state index contributed by atoms with van der Waals surface area (Å²) in [6, 6.07) is 22.9. The third-order valence-electron chi connectivity index (χ3n) is 5.81. The molecule has 1 aliphatic rings. The summed E-state index contributed by atoms with van der Waals surface area (Å²) in [5, 5.41) is 15.9. The van der Waals surface area contributed by atoms with Crippen LogP contribution in [0.1, 0.15) is 16.0 Å². The number of anilines is 2. The quantitative estimate of drug-likeness (QED) is 0.358. The van der Waals surface area contributed by atoms with Gasteiger partial charge in [0.25, 0.3) is 5.91 Å². The SMILES string of the molecule is C=CCN1C(=O)[C@@](O)(c2sc(NCc3ccccc3)nc2-c2ccc(F)cc2)c2ccccc21. The molecule has 5 rings (SSSR count). The number of thiazole rings is 1. The van der Waals surface area contributed by atoms with E-state index in [9.17, 15) is 14.3 Å². The highest BCUT2D eigenvalue weighted by Gasteiger charge is 2.53. The molecular weight excluding hydrogens is 449 g/mol. The number of aliphatic hydroxyl groups is 1. The molecule has 0 spiro atoms. The van der Waals surface area contributed by atoms with Crippen molar-refractivity contribution in [3.05, 3.63) is 113 Å². The van der Waals surface area contributed by atoms with E-state index in [-0.39, 0.29) is 12.4 Å². The summed E-state index contributed by atoms with van der Waals surface area (Å²) in [6.07, 6.45) is 1.63. The predicted octanol–water partition coefficient (Wildman–Crippen LogP) is 5.33. The molecule has 1 aliphatic heterocycles. The Balaban J connectivity index is 1.63. The number of nitrogens with one attached hydrogen (secondary N) is 1. The molecule has 1 amide bonds. The summed E-state index contributed by atoms with van der Waals surface area (Å²) in [7, 11) is 0. The molecule has 2 heterocycles. The Labute approximate surface area is 200 Å². The summed E-state index contributed by atoms with van der Waals surface area (Å²) in [4.78, 5) is 20.3. The first-order chi connectivity index (χ1) is 16.5. The second-order valence-electron chi connectivity index (χ2n) is 7.97. The Bertz CT molecular complexity index is 1350. The third-order valence-corrected chi connectivity index (χ3v) is 6.93. The van der Waals surface area contributed by atoms with Crippen LogP contribution in [0.25, 0.3) is 11.3 Å². The number of hydrogen-bond acceptors (Lipinski definition) is 5. The number of halogens is 1. The zero-order valence-corrected chi connectivity index (χ0v) is 19.1. The number of rotatable bonds is 7. The van der Waals surface area contributed by atoms with Crippen molar-refractivity contribution in [1.82, 2.24) is 4.98 Å². The average molecular weight is 472 g/mol. The molecule has 1 aromatic heterocycles. The van der Waals surface area contributed by atoms with Crippen molar-refractivity contribution in [1.29, 1.82) is 0 Å². The van der Waals surface area contributed by atoms with Crippen molar-refractivity contribution < 1.29 is 14.3 Å². The molecule has 0 bridgehead atoms. The van der Waals surface area contributed by atoms with E-state index < -0.39 is 11.5 Å². The van der Waals surface area contributed by atoms with Crippen LogP contribution in [0.15, 0.2) is 91.5 Å². The van der Waals surface area contributed by atoms with Crippen molar-refractivity contribution in [3.8, 4) is 11.3 Å². The molecule has 3 aromatic carbocycles. The summed E-state index contributed by atoms with van der Waals surface area (Å²) in [5.74, 6) is -0.837. The van der Waals surface area contributed by atoms with E-state index in [0.29, 0.717) is 39.1 Å². The second kappa shape index (κ2) is 8.85. The van der Waals surface area contributed by atoms with E-state index in [1.807, 2.05) is 42.5 Å². The zero-order chi connectivity index (χ0) is 23.7. The first kappa shape index (κ1) is 22.0. The van der Waals surface area contributed by atoms with Gasteiger partial charge < -0.3 is 15.3 Å². The minimum atomic E-state index is -1.92. The Morgan fingerprint density at radius 1 is 1.06 bits per heavy atom. The number of hydrogen-bond donors (Lipinski definition) is 2. The van der Waals surface area contributed by atoms with Crippen LogP contribution in [-0.2, 0) is 16.9 Å². The Kier molecular flexibility index (Phi) is 5.73. The predicted molar refractivity (Wildman–Crippen MR) is 133 cm³/mol. The summed E-state index contributed by atoms with van der Waals surface area (Å²) in [6.45, 7) is 4.55. The van der Waals surface area contributed by atoms with Crippen LogP contribution in [0, 0.1) is 5.82 Å². The van der Waals surface area contributed by atoms with E-state index in [1.165, 1.54) is 28.4 Å². The smallest absolute Gasteiger partial charge is 0.269 e. The number of para-hydroxylation sites is 1. The molecule has 7 heteroatoms. The fourth-order valence-corrected chi connectivity index (χ4v) is 5.26. The van der Waals surface area contributed by atoms with Gasteiger partial charge in [0.15, 0.2) is 5.13 Å².